The van der Waals surface area contributed by atoms with Crippen LogP contribution in [0.5, 0.6) is 5.75 Å². The molecule has 0 atom stereocenters. The molecule has 0 fully saturated rings. The molecule has 3 N–H and O–H groups in total. The van der Waals surface area contributed by atoms with Gasteiger partial charge in [0.15, 0.2) is 11.5 Å². The molecule has 184 valence electrons. The first-order chi connectivity index (χ1) is 15.4. The third-order valence-corrected chi connectivity index (χ3v) is 6.33. The number of ether oxygens (including phenoxy) is 1. The van der Waals surface area contributed by atoms with Crippen LogP contribution in [0.15, 0.2) is 35.2 Å². The van der Waals surface area contributed by atoms with Gasteiger partial charge in [0.25, 0.3) is 10.1 Å². The molecule has 1 aromatic carbocycles. The van der Waals surface area contributed by atoms with E-state index in [0.717, 1.165) is 38.5 Å². The zero-order valence-electron chi connectivity index (χ0n) is 19.6. The Kier molecular flexibility index (Phi) is 19.2. The van der Waals surface area contributed by atoms with Crippen molar-refractivity contribution in [1.29, 1.82) is 0 Å². The average molecular weight is 492 g/mol. The molecule has 0 bridgehead atoms. The fraction of sp³-hybridized carbons (Fsp3) is 0.640. The van der Waals surface area contributed by atoms with Crippen molar-refractivity contribution in [3.8, 4) is 5.75 Å². The summed E-state index contributed by atoms with van der Waals surface area (Å²) < 4.78 is 37.6. The summed E-state index contributed by atoms with van der Waals surface area (Å²) in [5, 5.41) is 0. The van der Waals surface area contributed by atoms with Gasteiger partial charge in [-0.05, 0) is 44.2 Å². The van der Waals surface area contributed by atoms with Crippen LogP contribution in [0.2, 0.25) is 0 Å². The van der Waals surface area contributed by atoms with Crippen molar-refractivity contribution in [3.63, 3.8) is 0 Å². The summed E-state index contributed by atoms with van der Waals surface area (Å²) in [6.45, 7) is 1.95. The van der Waals surface area contributed by atoms with Crippen LogP contribution in [0, 0.1) is 0 Å². The Morgan fingerprint density at radius 3 is 2.03 bits per heavy atom. The summed E-state index contributed by atoms with van der Waals surface area (Å²) in [5.74, 6) is -0.383. The molecule has 0 unspecified atom stereocenters. The second kappa shape index (κ2) is 19.6. The zero-order valence-corrected chi connectivity index (χ0v) is 20.4. The molecule has 0 amide bonds. The fourth-order valence-electron chi connectivity index (χ4n) is 3.66. The predicted molar refractivity (Wildman–Crippen MR) is 137 cm³/mol. The number of para-hydroxylation sites is 1. The molecule has 0 radical (unpaired) electrons. The van der Waals surface area contributed by atoms with E-state index in [1.807, 2.05) is 0 Å². The zero-order chi connectivity index (χ0) is 23.7. The van der Waals surface area contributed by atoms with Crippen LogP contribution < -0.4 is 10.5 Å². The van der Waals surface area contributed by atoms with Crippen molar-refractivity contribution in [3.05, 3.63) is 35.9 Å². The fourth-order valence-corrected chi connectivity index (χ4v) is 4.32. The molecule has 0 aliphatic carbocycles. The van der Waals surface area contributed by atoms with E-state index in [0.29, 0.717) is 6.42 Å². The first kappa shape index (κ1) is 32.3. The number of hydrogen-bond acceptors (Lipinski definition) is 5. The average Bonchev–Trinajstić information content (AvgIpc) is 2.76. The SMILES string of the molecule is CCCCCCCC/C=C\CCCCCCCC(=O)c1cccc(S(=O)(=O)O)c1OCN.[NaH]. The Labute approximate surface area is 222 Å². The molecule has 8 heteroatoms. The van der Waals surface area contributed by atoms with Gasteiger partial charge in [-0.3, -0.25) is 15.1 Å². The maximum atomic E-state index is 12.5. The molecule has 0 aliphatic rings. The first-order valence-corrected chi connectivity index (χ1v) is 13.5. The summed E-state index contributed by atoms with van der Waals surface area (Å²) in [4.78, 5) is 12.1. The van der Waals surface area contributed by atoms with Crippen LogP contribution in [0.3, 0.4) is 0 Å². The van der Waals surface area contributed by atoms with Crippen LogP contribution in [0.1, 0.15) is 107 Å². The molecule has 0 saturated heterocycles. The van der Waals surface area contributed by atoms with Gasteiger partial charge in [-0.15, -0.1) is 0 Å². The molecule has 0 aliphatic heterocycles. The standard InChI is InChI=1S/C25H41NO5S.Na.H/c1-2-3-4-5-6-7-8-9-10-11-12-13-14-15-16-19-23(27)22-18-17-20-24(32(28,29)30)25(22)31-21-26;;/h9-10,17-18,20H,2-8,11-16,19,21,26H2,1H3,(H,28,29,30);;/b10-9-;;. The summed E-state index contributed by atoms with van der Waals surface area (Å²) in [5.41, 5.74) is 5.50. The van der Waals surface area contributed by atoms with E-state index >= 15 is 0 Å². The number of Topliss-reactive ketones (excluding diaryl/α,β-unsaturated/α-hetero) is 1. The topological polar surface area (TPSA) is 107 Å². The molecule has 0 spiro atoms. The van der Waals surface area contributed by atoms with Crippen LogP contribution in [0.4, 0.5) is 0 Å². The van der Waals surface area contributed by atoms with Gasteiger partial charge >= 0.3 is 29.6 Å². The molecule has 1 rings (SSSR count). The Morgan fingerprint density at radius 2 is 1.48 bits per heavy atom. The molecule has 6 nitrogen and oxygen atoms in total. The quantitative estimate of drug-likeness (QED) is 0.0632. The summed E-state index contributed by atoms with van der Waals surface area (Å²) in [6, 6.07) is 4.11. The van der Waals surface area contributed by atoms with Crippen molar-refractivity contribution in [2.24, 2.45) is 5.73 Å². The Bertz CT molecular complexity index is 796. The molecule has 33 heavy (non-hydrogen) atoms. The number of allylic oxidation sites excluding steroid dienone is 2. The minimum atomic E-state index is -4.50. The number of nitrogens with two attached hydrogens (primary N) is 1. The van der Waals surface area contributed by atoms with Gasteiger partial charge in [-0.25, -0.2) is 0 Å². The van der Waals surface area contributed by atoms with E-state index in [1.54, 1.807) is 0 Å². The number of unbranched alkanes of at least 4 members (excludes halogenated alkanes) is 11. The number of ketones is 1. The second-order valence-electron chi connectivity index (χ2n) is 8.18. The van der Waals surface area contributed by atoms with Gasteiger partial charge < -0.3 is 4.74 Å². The van der Waals surface area contributed by atoms with Crippen LogP contribution in [-0.4, -0.2) is 55.0 Å². The maximum absolute atomic E-state index is 12.5. The van der Waals surface area contributed by atoms with E-state index in [1.165, 1.54) is 63.1 Å². The van der Waals surface area contributed by atoms with Crippen molar-refractivity contribution in [1.82, 2.24) is 0 Å². The number of carbonyl (C=O) groups excluding carboxylic acids is 1. The number of carbonyl (C=O) groups is 1. The third-order valence-electron chi connectivity index (χ3n) is 5.45. The van der Waals surface area contributed by atoms with Crippen molar-refractivity contribution < 1.29 is 22.5 Å². The minimum absolute atomic E-state index is 0. The number of benzene rings is 1. The molecule has 0 saturated carbocycles. The molecular weight excluding hydrogens is 449 g/mol. The van der Waals surface area contributed by atoms with E-state index in [9.17, 15) is 17.8 Å². The van der Waals surface area contributed by atoms with Gasteiger partial charge in [-0.2, -0.15) is 8.42 Å². The van der Waals surface area contributed by atoms with Gasteiger partial charge in [-0.1, -0.05) is 76.5 Å². The van der Waals surface area contributed by atoms with Crippen LogP contribution >= 0.6 is 0 Å². The monoisotopic (exact) mass is 491 g/mol. The number of rotatable bonds is 19. The van der Waals surface area contributed by atoms with Crippen molar-refractivity contribution >= 4 is 45.5 Å². The summed E-state index contributed by atoms with van der Waals surface area (Å²) in [6.07, 6.45) is 20.2. The summed E-state index contributed by atoms with van der Waals surface area (Å²) >= 11 is 0. The predicted octanol–water partition coefficient (Wildman–Crippen LogP) is 5.80. The molecular formula is C25H42NNaO5S. The third kappa shape index (κ3) is 14.3. The van der Waals surface area contributed by atoms with Gasteiger partial charge in [0.2, 0.25) is 0 Å². The van der Waals surface area contributed by atoms with Gasteiger partial charge in [0.05, 0.1) is 5.56 Å². The molecule has 0 aromatic heterocycles. The van der Waals surface area contributed by atoms with E-state index < -0.39 is 15.0 Å². The first-order valence-electron chi connectivity index (χ1n) is 12.0. The second-order valence-corrected chi connectivity index (χ2v) is 9.57. The summed E-state index contributed by atoms with van der Waals surface area (Å²) in [7, 11) is -4.50. The Morgan fingerprint density at radius 1 is 0.939 bits per heavy atom. The van der Waals surface area contributed by atoms with Crippen LogP contribution in [-0.2, 0) is 10.1 Å². The van der Waals surface area contributed by atoms with Crippen molar-refractivity contribution in [2.75, 3.05) is 6.73 Å². The number of hydrogen-bond donors (Lipinski definition) is 2. The molecule has 1 aromatic rings. The van der Waals surface area contributed by atoms with E-state index in [4.69, 9.17) is 10.5 Å². The van der Waals surface area contributed by atoms with E-state index in [2.05, 4.69) is 19.1 Å². The normalized spacial score (nSPS) is 11.5. The van der Waals surface area contributed by atoms with Crippen molar-refractivity contribution in [2.45, 2.75) is 102 Å². The Hall–Kier alpha value is -0.700. The van der Waals surface area contributed by atoms with Gasteiger partial charge in [0, 0.05) is 6.42 Å². The Balaban J connectivity index is 0.0000102. The van der Waals surface area contributed by atoms with Gasteiger partial charge in [0.1, 0.15) is 11.6 Å². The molecule has 0 heterocycles. The van der Waals surface area contributed by atoms with E-state index in [-0.39, 0.29) is 53.4 Å². The van der Waals surface area contributed by atoms with Crippen LogP contribution in [0.25, 0.3) is 0 Å².